The van der Waals surface area contributed by atoms with Crippen LogP contribution in [0.5, 0.6) is 0 Å². The minimum Gasteiger partial charge on any atom is -0.385 e. The summed E-state index contributed by atoms with van der Waals surface area (Å²) < 4.78 is 0. The van der Waals surface area contributed by atoms with Crippen molar-refractivity contribution in [2.45, 2.75) is 25.8 Å². The third kappa shape index (κ3) is 2.20. The highest BCUT2D eigenvalue weighted by Crippen LogP contribution is 2.28. The van der Waals surface area contributed by atoms with E-state index in [4.69, 9.17) is 5.73 Å². The highest BCUT2D eigenvalue weighted by atomic mass is 35.5. The first-order valence-electron chi connectivity index (χ1n) is 4.87. The Balaban J connectivity index is 0.000000980. The van der Waals surface area contributed by atoms with Gasteiger partial charge in [0.2, 0.25) is 0 Å². The number of hydrogen-bond acceptors (Lipinski definition) is 2. The number of benzene rings is 1. The largest absolute Gasteiger partial charge is 0.385 e. The van der Waals surface area contributed by atoms with Gasteiger partial charge in [-0.1, -0.05) is 17.7 Å². The van der Waals surface area contributed by atoms with Crippen LogP contribution < -0.4 is 11.1 Å². The molecule has 1 aromatic rings. The zero-order valence-electron chi connectivity index (χ0n) is 8.42. The maximum Gasteiger partial charge on any atom is 0.0388 e. The van der Waals surface area contributed by atoms with Gasteiger partial charge in [0, 0.05) is 18.3 Å². The third-order valence-electron chi connectivity index (χ3n) is 2.61. The smallest absolute Gasteiger partial charge is 0.0388 e. The Bertz CT molecular complexity index is 312. The molecule has 1 unspecified atom stereocenters. The number of halogens is 1. The molecule has 1 aromatic carbocycles. The van der Waals surface area contributed by atoms with E-state index in [1.807, 2.05) is 0 Å². The van der Waals surface area contributed by atoms with E-state index in [2.05, 4.69) is 30.4 Å². The quantitative estimate of drug-likeness (QED) is 0.694. The summed E-state index contributed by atoms with van der Waals surface area (Å²) in [5, 5.41) is 3.40. The molecule has 3 N–H and O–H groups in total. The molecule has 1 aliphatic heterocycles. The van der Waals surface area contributed by atoms with Crippen molar-refractivity contribution in [3.8, 4) is 0 Å². The van der Waals surface area contributed by atoms with E-state index in [-0.39, 0.29) is 18.4 Å². The first-order valence-corrected chi connectivity index (χ1v) is 4.87. The Morgan fingerprint density at radius 2 is 2.21 bits per heavy atom. The Kier molecular flexibility index (Phi) is 3.78. The average molecular weight is 213 g/mol. The molecule has 1 atom stereocenters. The molecule has 1 aliphatic rings. The van der Waals surface area contributed by atoms with Crippen LogP contribution in [-0.4, -0.2) is 6.54 Å². The highest BCUT2D eigenvalue weighted by Gasteiger charge is 2.14. The van der Waals surface area contributed by atoms with E-state index in [0.29, 0.717) is 0 Å². The summed E-state index contributed by atoms with van der Waals surface area (Å²) >= 11 is 0. The second-order valence-electron chi connectivity index (χ2n) is 3.77. The van der Waals surface area contributed by atoms with Crippen molar-refractivity contribution in [2.75, 3.05) is 11.9 Å². The van der Waals surface area contributed by atoms with Crippen molar-refractivity contribution in [1.29, 1.82) is 0 Å². The van der Waals surface area contributed by atoms with Crippen molar-refractivity contribution < 1.29 is 0 Å². The molecule has 1 heterocycles. The van der Waals surface area contributed by atoms with E-state index in [0.717, 1.165) is 19.4 Å². The van der Waals surface area contributed by atoms with Crippen LogP contribution in [0.1, 0.15) is 30.0 Å². The molecule has 0 saturated carbocycles. The lowest BCUT2D eigenvalue weighted by molar-refractivity contribution is 0.642. The van der Waals surface area contributed by atoms with Crippen molar-refractivity contribution in [3.05, 3.63) is 29.3 Å². The summed E-state index contributed by atoms with van der Waals surface area (Å²) in [4.78, 5) is 0. The summed E-state index contributed by atoms with van der Waals surface area (Å²) in [6.07, 6.45) is 2.25. The monoisotopic (exact) mass is 212 g/mol. The molecule has 2 rings (SSSR count). The number of nitrogens with one attached hydrogen (secondary N) is 1. The summed E-state index contributed by atoms with van der Waals surface area (Å²) in [7, 11) is 0. The van der Waals surface area contributed by atoms with Crippen molar-refractivity contribution in [3.63, 3.8) is 0 Å². The van der Waals surface area contributed by atoms with E-state index in [1.165, 1.54) is 16.8 Å². The first kappa shape index (κ1) is 11.3. The average Bonchev–Trinajstić information content (AvgIpc) is 2.29. The van der Waals surface area contributed by atoms with Crippen molar-refractivity contribution in [1.82, 2.24) is 0 Å². The lowest BCUT2D eigenvalue weighted by Crippen LogP contribution is -2.09. The van der Waals surface area contributed by atoms with Crippen LogP contribution in [0.3, 0.4) is 0 Å². The fourth-order valence-corrected chi connectivity index (χ4v) is 1.85. The molecular weight excluding hydrogens is 196 g/mol. The predicted octanol–water partition coefficient (Wildman–Crippen LogP) is 2.62. The van der Waals surface area contributed by atoms with Crippen LogP contribution in [0.25, 0.3) is 0 Å². The first-order chi connectivity index (χ1) is 6.27. The number of nitrogens with two attached hydrogens (primary N) is 1. The standard InChI is InChI=1S/C11H16N2.ClH/c1-8-4-5-11-9(7-8)10(12)3-2-6-13-11;/h4-5,7,10,13H,2-3,6,12H2,1H3;1H. The van der Waals surface area contributed by atoms with Gasteiger partial charge < -0.3 is 11.1 Å². The zero-order valence-corrected chi connectivity index (χ0v) is 9.23. The Hall–Kier alpha value is -0.730. The van der Waals surface area contributed by atoms with Crippen LogP contribution in [0.4, 0.5) is 5.69 Å². The molecule has 3 heteroatoms. The van der Waals surface area contributed by atoms with Gasteiger partial charge in [-0.05, 0) is 31.4 Å². The van der Waals surface area contributed by atoms with Gasteiger partial charge in [-0.25, -0.2) is 0 Å². The van der Waals surface area contributed by atoms with Crippen LogP contribution in [0, 0.1) is 6.92 Å². The van der Waals surface area contributed by atoms with Gasteiger partial charge in [0.25, 0.3) is 0 Å². The number of hydrogen-bond donors (Lipinski definition) is 2. The normalized spacial score (nSPS) is 20.0. The maximum absolute atomic E-state index is 6.08. The molecule has 14 heavy (non-hydrogen) atoms. The molecule has 0 aromatic heterocycles. The van der Waals surface area contributed by atoms with Crippen LogP contribution in [0.15, 0.2) is 18.2 Å². The molecule has 0 amide bonds. The number of fused-ring (bicyclic) bond motifs is 1. The SMILES string of the molecule is Cc1ccc2c(c1)C(N)CCCN2.Cl. The van der Waals surface area contributed by atoms with Crippen molar-refractivity contribution >= 4 is 18.1 Å². The molecule has 0 fully saturated rings. The summed E-state index contributed by atoms with van der Waals surface area (Å²) in [5.41, 5.74) is 9.86. The van der Waals surface area contributed by atoms with Crippen LogP contribution >= 0.6 is 12.4 Å². The molecule has 2 nitrogen and oxygen atoms in total. The summed E-state index contributed by atoms with van der Waals surface area (Å²) in [6.45, 7) is 3.15. The molecular formula is C11H17ClN2. The number of rotatable bonds is 0. The molecule has 0 spiro atoms. The molecule has 0 bridgehead atoms. The van der Waals surface area contributed by atoms with Crippen LogP contribution in [0.2, 0.25) is 0 Å². The Morgan fingerprint density at radius 1 is 1.43 bits per heavy atom. The van der Waals surface area contributed by atoms with Gasteiger partial charge in [0.05, 0.1) is 0 Å². The van der Waals surface area contributed by atoms with E-state index >= 15 is 0 Å². The lowest BCUT2D eigenvalue weighted by atomic mass is 10.0. The fraction of sp³-hybridized carbons (Fsp3) is 0.455. The van der Waals surface area contributed by atoms with Gasteiger partial charge >= 0.3 is 0 Å². The maximum atomic E-state index is 6.08. The topological polar surface area (TPSA) is 38.0 Å². The molecule has 78 valence electrons. The second-order valence-corrected chi connectivity index (χ2v) is 3.77. The summed E-state index contributed by atoms with van der Waals surface area (Å²) in [5.74, 6) is 0. The van der Waals surface area contributed by atoms with Gasteiger partial charge in [-0.3, -0.25) is 0 Å². The van der Waals surface area contributed by atoms with E-state index in [1.54, 1.807) is 0 Å². The van der Waals surface area contributed by atoms with Crippen molar-refractivity contribution in [2.24, 2.45) is 5.73 Å². The third-order valence-corrected chi connectivity index (χ3v) is 2.61. The van der Waals surface area contributed by atoms with Gasteiger partial charge in [0.15, 0.2) is 0 Å². The molecule has 0 saturated heterocycles. The van der Waals surface area contributed by atoms with Gasteiger partial charge in [-0.15, -0.1) is 12.4 Å². The Labute approximate surface area is 91.3 Å². The summed E-state index contributed by atoms with van der Waals surface area (Å²) in [6, 6.07) is 6.67. The number of anilines is 1. The number of aryl methyl sites for hydroxylation is 1. The predicted molar refractivity (Wildman–Crippen MR) is 63.1 cm³/mol. The van der Waals surface area contributed by atoms with Gasteiger partial charge in [0.1, 0.15) is 0 Å². The minimum absolute atomic E-state index is 0. The second kappa shape index (κ2) is 4.67. The fourth-order valence-electron chi connectivity index (χ4n) is 1.85. The van der Waals surface area contributed by atoms with E-state index < -0.39 is 0 Å². The molecule has 0 radical (unpaired) electrons. The minimum atomic E-state index is 0. The van der Waals surface area contributed by atoms with Gasteiger partial charge in [-0.2, -0.15) is 0 Å². The lowest BCUT2D eigenvalue weighted by Gasteiger charge is -2.12. The van der Waals surface area contributed by atoms with E-state index in [9.17, 15) is 0 Å². The zero-order chi connectivity index (χ0) is 9.26. The Morgan fingerprint density at radius 3 is 3.00 bits per heavy atom. The molecule has 0 aliphatic carbocycles. The van der Waals surface area contributed by atoms with Crippen LogP contribution in [-0.2, 0) is 0 Å². The highest BCUT2D eigenvalue weighted by molar-refractivity contribution is 5.85.